The van der Waals surface area contributed by atoms with Gasteiger partial charge in [0.2, 0.25) is 0 Å². The molecule has 0 aliphatic rings. The third-order valence-electron chi connectivity index (χ3n) is 1.92. The Balaban J connectivity index is 2.41. The molecule has 0 aliphatic heterocycles. The van der Waals surface area contributed by atoms with Crippen molar-refractivity contribution >= 4 is 16.5 Å². The van der Waals surface area contributed by atoms with Crippen molar-refractivity contribution in [3.8, 4) is 11.3 Å². The van der Waals surface area contributed by atoms with Crippen LogP contribution in [-0.4, -0.2) is 0 Å². The molecule has 2 rings (SSSR count). The first-order chi connectivity index (χ1) is 6.25. The number of hydrogen-bond acceptors (Lipinski definition) is 2. The van der Waals surface area contributed by atoms with Crippen LogP contribution in [0.2, 0.25) is 0 Å². The molecule has 3 N–H and O–H groups in total. The number of aromatic amines is 1. The first-order valence-corrected chi connectivity index (χ1v) is 4.97. The highest BCUT2D eigenvalue weighted by atomic mass is 32.1. The summed E-state index contributed by atoms with van der Waals surface area (Å²) in [4.78, 5) is 3.11. The minimum atomic E-state index is 0.746. The largest absolute Gasteiger partial charge is 0.329 e. The number of rotatable bonds is 1. The number of nitrogens with two attached hydrogens (primary N) is 1. The van der Waals surface area contributed by atoms with Crippen LogP contribution in [0.5, 0.6) is 0 Å². The van der Waals surface area contributed by atoms with Gasteiger partial charge in [-0.1, -0.05) is 41.2 Å². The van der Waals surface area contributed by atoms with Gasteiger partial charge in [0.25, 0.3) is 0 Å². The molecule has 0 atom stereocenters. The lowest BCUT2D eigenvalue weighted by molar-refractivity contribution is -0.340. The molecule has 0 fully saturated rings. The number of nitrogen functional groups attached to an aromatic ring is 1. The van der Waals surface area contributed by atoms with Crippen molar-refractivity contribution in [2.24, 2.45) is 0 Å². The number of benzene rings is 1. The van der Waals surface area contributed by atoms with E-state index in [1.54, 1.807) is 0 Å². The molecule has 0 radical (unpaired) electrons. The van der Waals surface area contributed by atoms with Gasteiger partial charge in [-0.25, -0.2) is 4.98 Å². The van der Waals surface area contributed by atoms with Crippen LogP contribution in [0.4, 0.5) is 5.13 Å². The number of aromatic nitrogens is 1. The number of hydrogen-bond donors (Lipinski definition) is 1. The zero-order valence-corrected chi connectivity index (χ0v) is 8.19. The molecule has 2 nitrogen and oxygen atoms in total. The van der Waals surface area contributed by atoms with E-state index in [-0.39, 0.29) is 0 Å². The van der Waals surface area contributed by atoms with Crippen LogP contribution in [-0.2, 0) is 0 Å². The van der Waals surface area contributed by atoms with Crippen molar-refractivity contribution in [3.05, 3.63) is 35.2 Å². The van der Waals surface area contributed by atoms with Crippen LogP contribution in [0, 0.1) is 6.92 Å². The van der Waals surface area contributed by atoms with Crippen molar-refractivity contribution in [3.63, 3.8) is 0 Å². The molecule has 2 aromatic rings. The number of anilines is 1. The summed E-state index contributed by atoms with van der Waals surface area (Å²) in [6.45, 7) is 2.08. The molecular formula is C10H11N2S+. The minimum Gasteiger partial charge on any atom is -0.278 e. The van der Waals surface area contributed by atoms with Crippen LogP contribution in [0.1, 0.15) is 5.56 Å². The maximum atomic E-state index is 5.61. The van der Waals surface area contributed by atoms with Gasteiger partial charge in [0.05, 0.1) is 0 Å². The van der Waals surface area contributed by atoms with E-state index in [2.05, 4.69) is 36.2 Å². The third-order valence-corrected chi connectivity index (χ3v) is 2.63. The second-order valence-corrected chi connectivity index (χ2v) is 3.92. The van der Waals surface area contributed by atoms with Gasteiger partial charge in [0.15, 0.2) is 0 Å². The topological polar surface area (TPSA) is 40.2 Å². The van der Waals surface area contributed by atoms with Gasteiger partial charge in [-0.3, -0.25) is 5.73 Å². The quantitative estimate of drug-likeness (QED) is 0.737. The summed E-state index contributed by atoms with van der Waals surface area (Å²) in [5.41, 5.74) is 9.14. The van der Waals surface area contributed by atoms with Crippen molar-refractivity contribution in [2.45, 2.75) is 6.92 Å². The Kier molecular flexibility index (Phi) is 2.02. The molecule has 0 saturated heterocycles. The van der Waals surface area contributed by atoms with Crippen LogP contribution < -0.4 is 10.7 Å². The highest BCUT2D eigenvalue weighted by Crippen LogP contribution is 2.19. The standard InChI is InChI=1S/C10H10N2S/c1-7-2-4-8(5-3-7)9-6-13-10(11)12-9/h2-6H,1H3,(H2,11,12)/p+1. The molecule has 13 heavy (non-hydrogen) atoms. The fourth-order valence-corrected chi connectivity index (χ4v) is 1.80. The first kappa shape index (κ1) is 8.26. The molecule has 0 unspecified atom stereocenters. The van der Waals surface area contributed by atoms with E-state index < -0.39 is 0 Å². The van der Waals surface area contributed by atoms with E-state index in [1.807, 2.05) is 5.38 Å². The second kappa shape index (κ2) is 3.18. The summed E-state index contributed by atoms with van der Waals surface area (Å²) in [6.07, 6.45) is 0. The average molecular weight is 191 g/mol. The van der Waals surface area contributed by atoms with Crippen molar-refractivity contribution < 1.29 is 4.98 Å². The van der Waals surface area contributed by atoms with E-state index >= 15 is 0 Å². The predicted molar refractivity (Wildman–Crippen MR) is 55.5 cm³/mol. The maximum Gasteiger partial charge on any atom is 0.329 e. The Morgan fingerprint density at radius 1 is 1.23 bits per heavy atom. The summed E-state index contributed by atoms with van der Waals surface area (Å²) in [5, 5.41) is 2.77. The number of aryl methyl sites for hydroxylation is 1. The molecule has 0 saturated carbocycles. The normalized spacial score (nSPS) is 10.2. The van der Waals surface area contributed by atoms with Gasteiger partial charge in [0, 0.05) is 10.9 Å². The Morgan fingerprint density at radius 2 is 1.92 bits per heavy atom. The molecule has 0 aliphatic carbocycles. The SMILES string of the molecule is Cc1ccc(-c2csc(N)[nH+]2)cc1. The molecule has 66 valence electrons. The van der Waals surface area contributed by atoms with Crippen molar-refractivity contribution in [1.29, 1.82) is 0 Å². The fourth-order valence-electron chi connectivity index (χ4n) is 1.19. The summed E-state index contributed by atoms with van der Waals surface area (Å²) in [7, 11) is 0. The number of H-pyrrole nitrogens is 1. The molecule has 1 aromatic carbocycles. The van der Waals surface area contributed by atoms with E-state index in [0.717, 1.165) is 10.8 Å². The van der Waals surface area contributed by atoms with E-state index in [1.165, 1.54) is 22.5 Å². The van der Waals surface area contributed by atoms with Gasteiger partial charge in [-0.2, -0.15) is 0 Å². The van der Waals surface area contributed by atoms with Gasteiger partial charge in [-0.05, 0) is 6.92 Å². The number of thiazole rings is 1. The monoisotopic (exact) mass is 191 g/mol. The lowest BCUT2D eigenvalue weighted by Crippen LogP contribution is -2.06. The molecule has 1 heterocycles. The van der Waals surface area contributed by atoms with Gasteiger partial charge in [0.1, 0.15) is 5.69 Å². The van der Waals surface area contributed by atoms with E-state index in [9.17, 15) is 0 Å². The lowest BCUT2D eigenvalue weighted by Gasteiger charge is -1.94. The minimum absolute atomic E-state index is 0.746. The number of nitrogens with one attached hydrogen (secondary N) is 1. The highest BCUT2D eigenvalue weighted by Gasteiger charge is 2.04. The summed E-state index contributed by atoms with van der Waals surface area (Å²) in [6, 6.07) is 8.37. The van der Waals surface area contributed by atoms with Gasteiger partial charge >= 0.3 is 5.13 Å². The Bertz CT molecular complexity index is 403. The van der Waals surface area contributed by atoms with Gasteiger partial charge < -0.3 is 0 Å². The molecule has 0 bridgehead atoms. The van der Waals surface area contributed by atoms with E-state index in [4.69, 9.17) is 5.73 Å². The molecule has 3 heteroatoms. The molecule has 0 amide bonds. The Labute approximate surface area is 81.1 Å². The summed E-state index contributed by atoms with van der Waals surface area (Å²) >= 11 is 1.53. The molecular weight excluding hydrogens is 180 g/mol. The first-order valence-electron chi connectivity index (χ1n) is 4.09. The maximum absolute atomic E-state index is 5.61. The third kappa shape index (κ3) is 1.70. The fraction of sp³-hybridized carbons (Fsp3) is 0.100. The molecule has 0 spiro atoms. The van der Waals surface area contributed by atoms with Crippen LogP contribution in [0.15, 0.2) is 29.6 Å². The zero-order valence-electron chi connectivity index (χ0n) is 7.37. The van der Waals surface area contributed by atoms with Crippen molar-refractivity contribution in [1.82, 2.24) is 0 Å². The second-order valence-electron chi connectivity index (χ2n) is 3.00. The van der Waals surface area contributed by atoms with Crippen LogP contribution in [0.3, 0.4) is 0 Å². The van der Waals surface area contributed by atoms with Gasteiger partial charge in [-0.15, -0.1) is 0 Å². The molecule has 1 aromatic heterocycles. The van der Waals surface area contributed by atoms with E-state index in [0.29, 0.717) is 0 Å². The van der Waals surface area contributed by atoms with Crippen molar-refractivity contribution in [2.75, 3.05) is 5.73 Å². The Morgan fingerprint density at radius 3 is 2.46 bits per heavy atom. The Hall–Kier alpha value is -1.35. The lowest BCUT2D eigenvalue weighted by atomic mass is 10.1. The zero-order chi connectivity index (χ0) is 9.26. The van der Waals surface area contributed by atoms with Crippen LogP contribution in [0.25, 0.3) is 11.3 Å². The highest BCUT2D eigenvalue weighted by molar-refractivity contribution is 7.13. The van der Waals surface area contributed by atoms with Crippen LogP contribution >= 0.6 is 11.3 Å². The summed E-state index contributed by atoms with van der Waals surface area (Å²) < 4.78 is 0. The predicted octanol–water partition coefficient (Wildman–Crippen LogP) is 2.12. The average Bonchev–Trinajstić information content (AvgIpc) is 2.53. The summed E-state index contributed by atoms with van der Waals surface area (Å²) in [5.74, 6) is 0. The smallest absolute Gasteiger partial charge is 0.278 e.